The average Bonchev–Trinajstić information content (AvgIpc) is 2.12. The summed E-state index contributed by atoms with van der Waals surface area (Å²) in [5.41, 5.74) is -0.443. The van der Waals surface area contributed by atoms with E-state index in [4.69, 9.17) is 4.74 Å². The molecule has 1 heterocycles. The van der Waals surface area contributed by atoms with Crippen LogP contribution in [-0.2, 0) is 9.53 Å². The smallest absolute Gasteiger partial charge is 0.410 e. The number of rotatable bonds is 1. The first-order valence-corrected chi connectivity index (χ1v) is 6.78. The lowest BCUT2D eigenvalue weighted by atomic mass is 9.92. The number of likely N-dealkylation sites (tertiary alicyclic amines) is 1. The molecule has 1 rings (SSSR count). The van der Waals surface area contributed by atoms with E-state index in [1.54, 1.807) is 11.8 Å². The Morgan fingerprint density at radius 2 is 1.61 bits per heavy atom. The van der Waals surface area contributed by atoms with Crippen molar-refractivity contribution >= 4 is 11.9 Å². The molecule has 18 heavy (non-hydrogen) atoms. The van der Waals surface area contributed by atoms with Gasteiger partial charge < -0.3 is 9.64 Å². The number of ether oxygens (including phenoxy) is 1. The number of ketones is 1. The Hall–Kier alpha value is -1.06. The van der Waals surface area contributed by atoms with E-state index in [1.807, 2.05) is 20.8 Å². The van der Waals surface area contributed by atoms with Crippen molar-refractivity contribution in [3.63, 3.8) is 0 Å². The zero-order chi connectivity index (χ0) is 13.8. The van der Waals surface area contributed by atoms with E-state index < -0.39 is 5.60 Å². The SMILES string of the molecule is CC(=O)C1CCCN(C(=O)OC(C)(C)C)CCC1. The highest BCUT2D eigenvalue weighted by Gasteiger charge is 2.24. The molecule has 0 bridgehead atoms. The van der Waals surface area contributed by atoms with Crippen molar-refractivity contribution in [2.75, 3.05) is 13.1 Å². The van der Waals surface area contributed by atoms with Crippen LogP contribution in [0.15, 0.2) is 0 Å². The quantitative estimate of drug-likeness (QED) is 0.723. The molecule has 0 radical (unpaired) electrons. The van der Waals surface area contributed by atoms with Crippen molar-refractivity contribution in [2.24, 2.45) is 5.92 Å². The minimum atomic E-state index is -0.443. The van der Waals surface area contributed by atoms with Gasteiger partial charge in [0, 0.05) is 19.0 Å². The summed E-state index contributed by atoms with van der Waals surface area (Å²) in [7, 11) is 0. The van der Waals surface area contributed by atoms with Crippen molar-refractivity contribution in [1.29, 1.82) is 0 Å². The summed E-state index contributed by atoms with van der Waals surface area (Å²) in [6.45, 7) is 8.68. The Kier molecular flexibility index (Phi) is 5.17. The van der Waals surface area contributed by atoms with Gasteiger partial charge in [0.25, 0.3) is 0 Å². The highest BCUT2D eigenvalue weighted by atomic mass is 16.6. The van der Waals surface area contributed by atoms with E-state index in [-0.39, 0.29) is 17.8 Å². The molecule has 1 aliphatic rings. The van der Waals surface area contributed by atoms with Gasteiger partial charge in [0.1, 0.15) is 11.4 Å². The molecule has 0 aromatic carbocycles. The third kappa shape index (κ3) is 5.07. The van der Waals surface area contributed by atoms with Gasteiger partial charge in [-0.2, -0.15) is 0 Å². The second-order valence-corrected chi connectivity index (χ2v) is 6.06. The Morgan fingerprint density at radius 3 is 2.00 bits per heavy atom. The first-order chi connectivity index (χ1) is 8.29. The Bertz CT molecular complexity index is 297. The third-order valence-corrected chi connectivity index (χ3v) is 3.19. The zero-order valence-electron chi connectivity index (χ0n) is 12.0. The molecule has 0 saturated carbocycles. The molecule has 0 aromatic heterocycles. The first kappa shape index (κ1) is 15.0. The molecule has 0 atom stereocenters. The van der Waals surface area contributed by atoms with Crippen LogP contribution < -0.4 is 0 Å². The molecule has 1 amide bonds. The van der Waals surface area contributed by atoms with Gasteiger partial charge >= 0.3 is 6.09 Å². The highest BCUT2D eigenvalue weighted by Crippen LogP contribution is 2.20. The number of nitrogens with zero attached hydrogens (tertiary/aromatic N) is 1. The molecular formula is C14H25NO3. The predicted octanol–water partition coefficient (Wildman–Crippen LogP) is 3.00. The third-order valence-electron chi connectivity index (χ3n) is 3.19. The predicted molar refractivity (Wildman–Crippen MR) is 70.4 cm³/mol. The monoisotopic (exact) mass is 255 g/mol. The normalized spacial score (nSPS) is 19.0. The lowest BCUT2D eigenvalue weighted by Gasteiger charge is -2.29. The topological polar surface area (TPSA) is 46.6 Å². The molecule has 0 aliphatic carbocycles. The van der Waals surface area contributed by atoms with Gasteiger partial charge in [0.2, 0.25) is 0 Å². The number of carbonyl (C=O) groups is 2. The maximum absolute atomic E-state index is 11.9. The molecule has 0 aromatic rings. The maximum atomic E-state index is 11.9. The minimum Gasteiger partial charge on any atom is -0.444 e. The lowest BCUT2D eigenvalue weighted by Crippen LogP contribution is -2.39. The van der Waals surface area contributed by atoms with Gasteiger partial charge in [-0.15, -0.1) is 0 Å². The van der Waals surface area contributed by atoms with E-state index in [2.05, 4.69) is 0 Å². The van der Waals surface area contributed by atoms with Crippen LogP contribution >= 0.6 is 0 Å². The molecule has 1 saturated heterocycles. The van der Waals surface area contributed by atoms with Crippen LogP contribution in [0.3, 0.4) is 0 Å². The standard InChI is InChI=1S/C14H25NO3/c1-11(16)12-7-5-9-15(10-6-8-12)13(17)18-14(2,3)4/h12H,5-10H2,1-4H3. The van der Waals surface area contributed by atoms with Crippen LogP contribution in [0.5, 0.6) is 0 Å². The number of hydrogen-bond acceptors (Lipinski definition) is 3. The van der Waals surface area contributed by atoms with E-state index in [9.17, 15) is 9.59 Å². The molecule has 0 N–H and O–H groups in total. The second-order valence-electron chi connectivity index (χ2n) is 6.06. The summed E-state index contributed by atoms with van der Waals surface area (Å²) in [6.07, 6.45) is 3.29. The van der Waals surface area contributed by atoms with Gasteiger partial charge in [0.05, 0.1) is 0 Å². The number of carbonyl (C=O) groups excluding carboxylic acids is 2. The summed E-state index contributed by atoms with van der Waals surface area (Å²) in [6, 6.07) is 0. The molecule has 0 spiro atoms. The van der Waals surface area contributed by atoms with Crippen LogP contribution in [0.4, 0.5) is 4.79 Å². The van der Waals surface area contributed by atoms with Crippen LogP contribution in [0.1, 0.15) is 53.4 Å². The summed E-state index contributed by atoms with van der Waals surface area (Å²) in [4.78, 5) is 25.1. The van der Waals surface area contributed by atoms with Gasteiger partial charge in [-0.25, -0.2) is 4.79 Å². The van der Waals surface area contributed by atoms with E-state index in [1.165, 1.54) is 0 Å². The lowest BCUT2D eigenvalue weighted by molar-refractivity contribution is -0.121. The van der Waals surface area contributed by atoms with Crippen molar-refractivity contribution < 1.29 is 14.3 Å². The summed E-state index contributed by atoms with van der Waals surface area (Å²) >= 11 is 0. The fourth-order valence-electron chi connectivity index (χ4n) is 2.23. The molecule has 1 fully saturated rings. The van der Waals surface area contributed by atoms with Crippen LogP contribution in [0.2, 0.25) is 0 Å². The number of amides is 1. The fourth-order valence-corrected chi connectivity index (χ4v) is 2.23. The summed E-state index contributed by atoms with van der Waals surface area (Å²) < 4.78 is 5.37. The minimum absolute atomic E-state index is 0.186. The van der Waals surface area contributed by atoms with Crippen LogP contribution in [-0.4, -0.2) is 35.5 Å². The van der Waals surface area contributed by atoms with Gasteiger partial charge in [0.15, 0.2) is 0 Å². The Balaban J connectivity index is 2.47. The van der Waals surface area contributed by atoms with Crippen molar-refractivity contribution in [3.8, 4) is 0 Å². The highest BCUT2D eigenvalue weighted by molar-refractivity contribution is 5.78. The molecular weight excluding hydrogens is 230 g/mol. The van der Waals surface area contributed by atoms with Crippen molar-refractivity contribution in [3.05, 3.63) is 0 Å². The van der Waals surface area contributed by atoms with E-state index >= 15 is 0 Å². The average molecular weight is 255 g/mol. The number of Topliss-reactive ketones (excluding diaryl/α,β-unsaturated/α-hetero) is 1. The molecule has 4 heteroatoms. The molecule has 0 unspecified atom stereocenters. The molecule has 4 nitrogen and oxygen atoms in total. The summed E-state index contributed by atoms with van der Waals surface area (Å²) in [5, 5.41) is 0. The van der Waals surface area contributed by atoms with Crippen LogP contribution in [0, 0.1) is 5.92 Å². The fraction of sp³-hybridized carbons (Fsp3) is 0.857. The van der Waals surface area contributed by atoms with Gasteiger partial charge in [-0.3, -0.25) is 4.79 Å². The van der Waals surface area contributed by atoms with Gasteiger partial charge in [-0.1, -0.05) is 0 Å². The Labute approximate surface area is 110 Å². The van der Waals surface area contributed by atoms with E-state index in [0.29, 0.717) is 13.1 Å². The Morgan fingerprint density at radius 1 is 1.11 bits per heavy atom. The van der Waals surface area contributed by atoms with Crippen LogP contribution in [0.25, 0.3) is 0 Å². The molecule has 1 aliphatic heterocycles. The summed E-state index contributed by atoms with van der Waals surface area (Å²) in [5.74, 6) is 0.464. The number of hydrogen-bond donors (Lipinski definition) is 0. The van der Waals surface area contributed by atoms with Crippen molar-refractivity contribution in [1.82, 2.24) is 4.90 Å². The largest absolute Gasteiger partial charge is 0.444 e. The first-order valence-electron chi connectivity index (χ1n) is 6.78. The maximum Gasteiger partial charge on any atom is 0.410 e. The zero-order valence-corrected chi connectivity index (χ0v) is 12.0. The van der Waals surface area contributed by atoms with E-state index in [0.717, 1.165) is 25.7 Å². The van der Waals surface area contributed by atoms with Gasteiger partial charge in [-0.05, 0) is 53.4 Å². The second kappa shape index (κ2) is 6.21. The molecule has 104 valence electrons. The van der Waals surface area contributed by atoms with Crippen molar-refractivity contribution in [2.45, 2.75) is 59.0 Å².